The van der Waals surface area contributed by atoms with Crippen LogP contribution in [0.5, 0.6) is 0 Å². The van der Waals surface area contributed by atoms with E-state index < -0.39 is 0 Å². The van der Waals surface area contributed by atoms with Gasteiger partial charge in [0.15, 0.2) is 17.1 Å². The molecule has 0 atom stereocenters. The van der Waals surface area contributed by atoms with Crippen LogP contribution in [-0.4, -0.2) is 56.3 Å². The predicted octanol–water partition coefficient (Wildman–Crippen LogP) is 3.35. The van der Waals surface area contributed by atoms with Crippen molar-refractivity contribution < 1.29 is 0 Å². The molecule has 2 fully saturated rings. The number of aromatic nitrogens is 6. The maximum absolute atomic E-state index is 4.80. The van der Waals surface area contributed by atoms with E-state index in [1.807, 2.05) is 12.4 Å². The Labute approximate surface area is 174 Å². The zero-order chi connectivity index (χ0) is 19.9. The summed E-state index contributed by atoms with van der Waals surface area (Å²) < 4.78 is 0. The van der Waals surface area contributed by atoms with E-state index in [1.54, 1.807) is 0 Å². The van der Waals surface area contributed by atoms with Gasteiger partial charge in [-0.25, -0.2) is 15.0 Å². The summed E-state index contributed by atoms with van der Waals surface area (Å²) in [6.07, 6.45) is 9.92. The van der Waals surface area contributed by atoms with Gasteiger partial charge in [0.2, 0.25) is 0 Å². The fourth-order valence-electron chi connectivity index (χ4n) is 4.89. The number of nitrogens with zero attached hydrogens (tertiary/aromatic N) is 5. The molecule has 4 aromatic rings. The normalized spacial score (nSPS) is 18.5. The van der Waals surface area contributed by atoms with Gasteiger partial charge in [0.05, 0.1) is 11.1 Å². The molecule has 2 saturated heterocycles. The van der Waals surface area contributed by atoms with Crippen LogP contribution in [0.15, 0.2) is 24.5 Å². The molecule has 154 valence electrons. The Morgan fingerprint density at radius 3 is 2.73 bits per heavy atom. The molecule has 2 aliphatic rings. The Balaban J connectivity index is 1.42. The number of imidazole rings is 1. The molecule has 0 bridgehead atoms. The Morgan fingerprint density at radius 2 is 1.87 bits per heavy atom. The van der Waals surface area contributed by atoms with Crippen LogP contribution in [0.3, 0.4) is 0 Å². The minimum Gasteiger partial charge on any atom is -0.370 e. The SMILES string of the molecule is c1cc(N2CCCCC2)c2[nH]c(-c3[nH]nc4ncc(C5CCNCC5)cc34)nc2n1. The van der Waals surface area contributed by atoms with Crippen LogP contribution in [0.25, 0.3) is 33.7 Å². The second-order valence-electron chi connectivity index (χ2n) is 8.42. The average Bonchev–Trinajstić information content (AvgIpc) is 3.43. The third-order valence-corrected chi connectivity index (χ3v) is 6.54. The first-order chi connectivity index (χ1) is 14.9. The van der Waals surface area contributed by atoms with E-state index in [4.69, 9.17) is 4.98 Å². The summed E-state index contributed by atoms with van der Waals surface area (Å²) in [6.45, 7) is 4.30. The maximum Gasteiger partial charge on any atom is 0.181 e. The Kier molecular flexibility index (Phi) is 4.37. The standard InChI is InChI=1S/C22H26N8/c1-2-10-30(11-3-1)17-6-9-24-21-19(17)26-22(27-21)18-16-12-15(13-25-20(16)29-28-18)14-4-7-23-8-5-14/h6,9,12-14,23H,1-5,7-8,10-11H2,(H,24,26,27)(H,25,28,29). The molecular formula is C22H26N8. The molecule has 0 unspecified atom stereocenters. The predicted molar refractivity (Wildman–Crippen MR) is 118 cm³/mol. The number of anilines is 1. The summed E-state index contributed by atoms with van der Waals surface area (Å²) in [5.41, 5.74) is 5.84. The molecule has 0 saturated carbocycles. The van der Waals surface area contributed by atoms with Gasteiger partial charge < -0.3 is 15.2 Å². The van der Waals surface area contributed by atoms with E-state index in [-0.39, 0.29) is 0 Å². The van der Waals surface area contributed by atoms with Crippen LogP contribution in [-0.2, 0) is 0 Å². The largest absolute Gasteiger partial charge is 0.370 e. The van der Waals surface area contributed by atoms with Crippen molar-refractivity contribution in [3.63, 3.8) is 0 Å². The summed E-state index contributed by atoms with van der Waals surface area (Å²) in [5, 5.41) is 12.0. The van der Waals surface area contributed by atoms with Gasteiger partial charge in [-0.05, 0) is 68.8 Å². The highest BCUT2D eigenvalue weighted by molar-refractivity contribution is 5.93. The van der Waals surface area contributed by atoms with Crippen molar-refractivity contribution in [3.05, 3.63) is 30.1 Å². The van der Waals surface area contributed by atoms with Crippen LogP contribution in [0.2, 0.25) is 0 Å². The van der Waals surface area contributed by atoms with Gasteiger partial charge in [0.25, 0.3) is 0 Å². The average molecular weight is 403 g/mol. The molecule has 0 amide bonds. The Morgan fingerprint density at radius 1 is 1.00 bits per heavy atom. The van der Waals surface area contributed by atoms with Crippen molar-refractivity contribution >= 4 is 27.9 Å². The smallest absolute Gasteiger partial charge is 0.181 e. The molecule has 6 heterocycles. The number of hydrogen-bond acceptors (Lipinski definition) is 6. The molecule has 30 heavy (non-hydrogen) atoms. The number of aromatic amines is 2. The lowest BCUT2D eigenvalue weighted by Crippen LogP contribution is -2.29. The van der Waals surface area contributed by atoms with Crippen molar-refractivity contribution in [2.75, 3.05) is 31.1 Å². The second-order valence-corrected chi connectivity index (χ2v) is 8.42. The van der Waals surface area contributed by atoms with Crippen molar-refractivity contribution in [2.24, 2.45) is 0 Å². The van der Waals surface area contributed by atoms with E-state index in [2.05, 4.69) is 47.5 Å². The molecule has 8 nitrogen and oxygen atoms in total. The summed E-state index contributed by atoms with van der Waals surface area (Å²) in [5.74, 6) is 1.32. The topological polar surface area (TPSA) is 98.4 Å². The number of pyridine rings is 2. The summed E-state index contributed by atoms with van der Waals surface area (Å²) in [4.78, 5) is 19.9. The number of hydrogen-bond donors (Lipinski definition) is 3. The first-order valence-corrected chi connectivity index (χ1v) is 11.0. The number of rotatable bonds is 3. The van der Waals surface area contributed by atoms with Crippen molar-refractivity contribution in [1.29, 1.82) is 0 Å². The zero-order valence-electron chi connectivity index (χ0n) is 17.0. The Bertz CT molecular complexity index is 1180. The third kappa shape index (κ3) is 3.02. The molecule has 0 aliphatic carbocycles. The highest BCUT2D eigenvalue weighted by Crippen LogP contribution is 2.32. The highest BCUT2D eigenvalue weighted by Gasteiger charge is 2.21. The van der Waals surface area contributed by atoms with Gasteiger partial charge in [-0.1, -0.05) is 0 Å². The lowest BCUT2D eigenvalue weighted by atomic mass is 9.91. The summed E-state index contributed by atoms with van der Waals surface area (Å²) in [7, 11) is 0. The third-order valence-electron chi connectivity index (χ3n) is 6.54. The number of fused-ring (bicyclic) bond motifs is 2. The molecule has 8 heteroatoms. The number of piperidine rings is 2. The molecule has 6 rings (SSSR count). The molecule has 0 radical (unpaired) electrons. The van der Waals surface area contributed by atoms with Crippen LogP contribution < -0.4 is 10.2 Å². The highest BCUT2D eigenvalue weighted by atomic mass is 15.2. The minimum atomic E-state index is 0.550. The Hall–Kier alpha value is -3.00. The van der Waals surface area contributed by atoms with Crippen LogP contribution in [0.1, 0.15) is 43.6 Å². The van der Waals surface area contributed by atoms with Gasteiger partial charge in [0.1, 0.15) is 11.2 Å². The van der Waals surface area contributed by atoms with Crippen molar-refractivity contribution in [3.8, 4) is 11.5 Å². The number of nitrogens with one attached hydrogen (secondary N) is 3. The van der Waals surface area contributed by atoms with Crippen LogP contribution >= 0.6 is 0 Å². The van der Waals surface area contributed by atoms with Gasteiger partial charge >= 0.3 is 0 Å². The molecule has 3 N–H and O–H groups in total. The lowest BCUT2D eigenvalue weighted by molar-refractivity contribution is 0.460. The minimum absolute atomic E-state index is 0.550. The lowest BCUT2D eigenvalue weighted by Gasteiger charge is -2.28. The quantitative estimate of drug-likeness (QED) is 0.486. The van der Waals surface area contributed by atoms with Crippen LogP contribution in [0.4, 0.5) is 5.69 Å². The van der Waals surface area contributed by atoms with E-state index in [0.29, 0.717) is 5.92 Å². The second kappa shape index (κ2) is 7.36. The molecule has 2 aliphatic heterocycles. The molecule has 0 spiro atoms. The van der Waals surface area contributed by atoms with E-state index >= 15 is 0 Å². The van der Waals surface area contributed by atoms with Crippen LogP contribution in [0, 0.1) is 0 Å². The fourth-order valence-corrected chi connectivity index (χ4v) is 4.89. The first kappa shape index (κ1) is 17.8. The maximum atomic E-state index is 4.80. The summed E-state index contributed by atoms with van der Waals surface area (Å²) in [6, 6.07) is 4.33. The monoisotopic (exact) mass is 402 g/mol. The molecule has 4 aromatic heterocycles. The fraction of sp³-hybridized carbons (Fsp3) is 0.455. The van der Waals surface area contributed by atoms with Gasteiger partial charge in [-0.3, -0.25) is 5.10 Å². The van der Waals surface area contributed by atoms with Crippen molar-refractivity contribution in [1.82, 2.24) is 35.5 Å². The van der Waals surface area contributed by atoms with E-state index in [0.717, 1.165) is 72.7 Å². The van der Waals surface area contributed by atoms with Crippen molar-refractivity contribution in [2.45, 2.75) is 38.0 Å². The first-order valence-electron chi connectivity index (χ1n) is 11.0. The van der Waals surface area contributed by atoms with Gasteiger partial charge in [0, 0.05) is 25.5 Å². The van der Waals surface area contributed by atoms with Gasteiger partial charge in [-0.15, -0.1) is 0 Å². The van der Waals surface area contributed by atoms with E-state index in [1.165, 1.54) is 30.5 Å². The molecular weight excluding hydrogens is 376 g/mol. The molecule has 0 aromatic carbocycles. The summed E-state index contributed by atoms with van der Waals surface area (Å²) >= 11 is 0. The van der Waals surface area contributed by atoms with E-state index in [9.17, 15) is 0 Å². The zero-order valence-corrected chi connectivity index (χ0v) is 17.0. The van der Waals surface area contributed by atoms with Gasteiger partial charge in [-0.2, -0.15) is 5.10 Å². The number of H-pyrrole nitrogens is 2.